The topological polar surface area (TPSA) is 80.1 Å². The van der Waals surface area contributed by atoms with Crippen LogP contribution in [0.2, 0.25) is 5.02 Å². The molecule has 2 aromatic heterocycles. The molecule has 0 saturated heterocycles. The predicted molar refractivity (Wildman–Crippen MR) is 107 cm³/mol. The molecule has 0 spiro atoms. The molecule has 0 fully saturated rings. The maximum atomic E-state index is 13.4. The number of fused-ring (bicyclic) bond motifs is 1. The number of hydrogen-bond donors (Lipinski definition) is 1. The normalized spacial score (nSPS) is 16.1. The number of pyridine rings is 1. The summed E-state index contributed by atoms with van der Waals surface area (Å²) in [4.78, 5) is 30.5. The summed E-state index contributed by atoms with van der Waals surface area (Å²) < 4.78 is 53.8. The Morgan fingerprint density at radius 2 is 1.97 bits per heavy atom. The summed E-state index contributed by atoms with van der Waals surface area (Å²) in [5.74, 6) is -2.00. The van der Waals surface area contributed by atoms with E-state index in [2.05, 4.69) is 15.4 Å². The van der Waals surface area contributed by atoms with Gasteiger partial charge in [0.1, 0.15) is 5.82 Å². The first kappa shape index (κ1) is 21.8. The van der Waals surface area contributed by atoms with Crippen LogP contribution in [0.25, 0.3) is 0 Å². The van der Waals surface area contributed by atoms with Crippen LogP contribution in [0.15, 0.2) is 42.9 Å². The SMILES string of the molecule is C[C@H]1CN(c2ccc(C(F)(F)F)c(Cl)c2)C(=O)c2c(NC(=O)c3cncc(F)c3)cnn21. The average molecular weight is 468 g/mol. The molecule has 0 saturated carbocycles. The number of hydrogen-bond acceptors (Lipinski definition) is 4. The van der Waals surface area contributed by atoms with E-state index < -0.39 is 34.4 Å². The fourth-order valence-electron chi connectivity index (χ4n) is 3.41. The number of benzene rings is 1. The van der Waals surface area contributed by atoms with Gasteiger partial charge in [0.25, 0.3) is 11.8 Å². The molecule has 32 heavy (non-hydrogen) atoms. The number of nitrogens with zero attached hydrogens (tertiary/aromatic N) is 4. The predicted octanol–water partition coefficient (Wildman–Crippen LogP) is 4.56. The fourth-order valence-corrected chi connectivity index (χ4v) is 3.69. The van der Waals surface area contributed by atoms with Crippen molar-refractivity contribution >= 4 is 34.8 Å². The number of anilines is 2. The summed E-state index contributed by atoms with van der Waals surface area (Å²) >= 11 is 5.81. The third-order valence-corrected chi connectivity index (χ3v) is 5.21. The van der Waals surface area contributed by atoms with E-state index in [1.165, 1.54) is 15.8 Å². The molecule has 166 valence electrons. The highest BCUT2D eigenvalue weighted by Gasteiger charge is 2.36. The first-order valence-electron chi connectivity index (χ1n) is 9.24. The maximum Gasteiger partial charge on any atom is 0.417 e. The minimum atomic E-state index is -4.63. The quantitative estimate of drug-likeness (QED) is 0.572. The molecule has 1 aliphatic heterocycles. The lowest BCUT2D eigenvalue weighted by molar-refractivity contribution is -0.137. The van der Waals surface area contributed by atoms with Crippen LogP contribution in [0.5, 0.6) is 0 Å². The molecule has 2 amide bonds. The van der Waals surface area contributed by atoms with Gasteiger partial charge >= 0.3 is 6.18 Å². The number of nitrogens with one attached hydrogen (secondary N) is 1. The summed E-state index contributed by atoms with van der Waals surface area (Å²) in [6.07, 6.45) is -1.25. The second kappa shape index (κ2) is 7.90. The van der Waals surface area contributed by atoms with Crippen molar-refractivity contribution in [3.63, 3.8) is 0 Å². The third-order valence-electron chi connectivity index (χ3n) is 4.89. The molecular weight excluding hydrogens is 454 g/mol. The second-order valence-electron chi connectivity index (χ2n) is 7.12. The van der Waals surface area contributed by atoms with E-state index in [0.29, 0.717) is 0 Å². The summed E-state index contributed by atoms with van der Waals surface area (Å²) in [6.45, 7) is 1.88. The number of halogens is 5. The molecule has 12 heteroatoms. The number of carbonyl (C=O) groups excluding carboxylic acids is 2. The van der Waals surface area contributed by atoms with Gasteiger partial charge in [0.15, 0.2) is 5.69 Å². The van der Waals surface area contributed by atoms with Crippen molar-refractivity contribution in [2.75, 3.05) is 16.8 Å². The van der Waals surface area contributed by atoms with Gasteiger partial charge in [-0.15, -0.1) is 0 Å². The van der Waals surface area contributed by atoms with Gasteiger partial charge in [-0.25, -0.2) is 4.39 Å². The molecule has 4 rings (SSSR count). The van der Waals surface area contributed by atoms with Crippen molar-refractivity contribution in [3.8, 4) is 0 Å². The van der Waals surface area contributed by atoms with Gasteiger partial charge in [-0.05, 0) is 31.2 Å². The number of amides is 2. The molecule has 1 N–H and O–H groups in total. The van der Waals surface area contributed by atoms with E-state index >= 15 is 0 Å². The summed E-state index contributed by atoms with van der Waals surface area (Å²) in [6, 6.07) is 3.66. The number of aromatic nitrogens is 3. The molecule has 0 unspecified atom stereocenters. The lowest BCUT2D eigenvalue weighted by Gasteiger charge is -2.32. The number of rotatable bonds is 3. The molecule has 1 aliphatic rings. The van der Waals surface area contributed by atoms with Crippen LogP contribution in [-0.4, -0.2) is 33.1 Å². The molecule has 7 nitrogen and oxygen atoms in total. The Bertz CT molecular complexity index is 1230. The zero-order chi connectivity index (χ0) is 23.2. The maximum absolute atomic E-state index is 13.4. The molecule has 0 bridgehead atoms. The van der Waals surface area contributed by atoms with E-state index in [4.69, 9.17) is 11.6 Å². The molecule has 3 aromatic rings. The van der Waals surface area contributed by atoms with Crippen molar-refractivity contribution in [3.05, 3.63) is 70.5 Å². The highest BCUT2D eigenvalue weighted by Crippen LogP contribution is 2.38. The Kier molecular flexibility index (Phi) is 5.37. The smallest absolute Gasteiger partial charge is 0.319 e. The molecule has 1 atom stereocenters. The van der Waals surface area contributed by atoms with E-state index in [-0.39, 0.29) is 35.2 Å². The Hall–Kier alpha value is -3.47. The van der Waals surface area contributed by atoms with Crippen molar-refractivity contribution in [1.29, 1.82) is 0 Å². The van der Waals surface area contributed by atoms with Gasteiger partial charge < -0.3 is 10.2 Å². The van der Waals surface area contributed by atoms with Crippen molar-refractivity contribution in [2.24, 2.45) is 0 Å². The van der Waals surface area contributed by atoms with Gasteiger partial charge in [-0.1, -0.05) is 11.6 Å². The third kappa shape index (κ3) is 3.91. The Morgan fingerprint density at radius 3 is 2.62 bits per heavy atom. The Morgan fingerprint density at radius 1 is 1.22 bits per heavy atom. The molecule has 0 aliphatic carbocycles. The van der Waals surface area contributed by atoms with Crippen molar-refractivity contribution < 1.29 is 27.2 Å². The van der Waals surface area contributed by atoms with E-state index in [0.717, 1.165) is 36.7 Å². The van der Waals surface area contributed by atoms with Gasteiger partial charge in [-0.2, -0.15) is 18.3 Å². The lowest BCUT2D eigenvalue weighted by Crippen LogP contribution is -2.43. The van der Waals surface area contributed by atoms with Crippen LogP contribution in [0.1, 0.15) is 39.4 Å². The fraction of sp³-hybridized carbons (Fsp3) is 0.200. The minimum absolute atomic E-state index is 0.0254. The van der Waals surface area contributed by atoms with Crippen LogP contribution < -0.4 is 10.2 Å². The number of carbonyl (C=O) groups is 2. The van der Waals surface area contributed by atoms with Gasteiger partial charge in [0.2, 0.25) is 0 Å². The minimum Gasteiger partial charge on any atom is -0.319 e. The van der Waals surface area contributed by atoms with Gasteiger partial charge in [-0.3, -0.25) is 19.3 Å². The standard InChI is InChI=1S/C20H14ClF4N5O2/c1-10-9-29(13-2-3-14(15(21)5-13)20(23,24)25)19(32)17-16(8-27-30(10)17)28-18(31)11-4-12(22)7-26-6-11/h2-8,10H,9H2,1H3,(H,28,31)/t10-/m0/s1. The first-order valence-corrected chi connectivity index (χ1v) is 9.62. The van der Waals surface area contributed by atoms with Crippen LogP contribution in [-0.2, 0) is 6.18 Å². The molecule has 3 heterocycles. The summed E-state index contributed by atoms with van der Waals surface area (Å²) in [5.41, 5.74) is -0.815. The number of alkyl halides is 3. The first-order chi connectivity index (χ1) is 15.1. The molecule has 0 radical (unpaired) electrons. The largest absolute Gasteiger partial charge is 0.417 e. The lowest BCUT2D eigenvalue weighted by atomic mass is 10.1. The molecular formula is C20H14ClF4N5O2. The zero-order valence-electron chi connectivity index (χ0n) is 16.3. The van der Waals surface area contributed by atoms with Gasteiger partial charge in [0.05, 0.1) is 40.3 Å². The van der Waals surface area contributed by atoms with Crippen LogP contribution >= 0.6 is 11.6 Å². The summed E-state index contributed by atoms with van der Waals surface area (Å²) in [5, 5.41) is 6.10. The van der Waals surface area contributed by atoms with Crippen LogP contribution in [0, 0.1) is 5.82 Å². The second-order valence-corrected chi connectivity index (χ2v) is 7.53. The Labute approximate surface area is 183 Å². The van der Waals surface area contributed by atoms with E-state index in [1.807, 2.05) is 0 Å². The highest BCUT2D eigenvalue weighted by atomic mass is 35.5. The van der Waals surface area contributed by atoms with Crippen LogP contribution in [0.3, 0.4) is 0 Å². The van der Waals surface area contributed by atoms with E-state index in [9.17, 15) is 27.2 Å². The van der Waals surface area contributed by atoms with E-state index in [1.54, 1.807) is 6.92 Å². The summed E-state index contributed by atoms with van der Waals surface area (Å²) in [7, 11) is 0. The van der Waals surface area contributed by atoms with Crippen LogP contribution in [0.4, 0.5) is 28.9 Å². The van der Waals surface area contributed by atoms with Crippen molar-refractivity contribution in [1.82, 2.24) is 14.8 Å². The van der Waals surface area contributed by atoms with Crippen molar-refractivity contribution in [2.45, 2.75) is 19.1 Å². The molecule has 1 aromatic carbocycles. The zero-order valence-corrected chi connectivity index (χ0v) is 17.1. The van der Waals surface area contributed by atoms with Gasteiger partial charge in [0, 0.05) is 18.4 Å². The highest BCUT2D eigenvalue weighted by molar-refractivity contribution is 6.31. The Balaban J connectivity index is 1.66. The average Bonchev–Trinajstić information content (AvgIpc) is 3.14. The monoisotopic (exact) mass is 467 g/mol.